The lowest BCUT2D eigenvalue weighted by Crippen LogP contribution is -2.12. The predicted molar refractivity (Wildman–Crippen MR) is 107 cm³/mol. The Hall–Kier alpha value is -3.06. The van der Waals surface area contributed by atoms with Gasteiger partial charge in [0.1, 0.15) is 4.88 Å². The second kappa shape index (κ2) is 8.55. The van der Waals surface area contributed by atoms with Crippen molar-refractivity contribution >= 4 is 34.5 Å². The second-order valence-electron chi connectivity index (χ2n) is 6.09. The maximum Gasteiger partial charge on any atom is 0.267 e. The van der Waals surface area contributed by atoms with Gasteiger partial charge in [-0.25, -0.2) is 4.98 Å². The van der Waals surface area contributed by atoms with Gasteiger partial charge in [-0.1, -0.05) is 6.07 Å². The highest BCUT2D eigenvalue weighted by Gasteiger charge is 2.15. The van der Waals surface area contributed by atoms with Crippen molar-refractivity contribution in [2.75, 3.05) is 10.6 Å². The lowest BCUT2D eigenvalue weighted by molar-refractivity contribution is -0.114. The fourth-order valence-corrected chi connectivity index (χ4v) is 3.60. The van der Waals surface area contributed by atoms with E-state index in [4.69, 9.17) is 0 Å². The zero-order valence-electron chi connectivity index (χ0n) is 15.2. The van der Waals surface area contributed by atoms with Gasteiger partial charge in [-0.15, -0.1) is 11.3 Å². The van der Waals surface area contributed by atoms with Crippen LogP contribution in [0.4, 0.5) is 11.4 Å². The van der Waals surface area contributed by atoms with E-state index in [1.54, 1.807) is 36.7 Å². The Morgan fingerprint density at radius 3 is 2.44 bits per heavy atom. The zero-order chi connectivity index (χ0) is 19.2. The molecule has 3 rings (SSSR count). The Balaban J connectivity index is 1.66. The summed E-state index contributed by atoms with van der Waals surface area (Å²) in [4.78, 5) is 32.9. The third-order valence-corrected chi connectivity index (χ3v) is 5.08. The van der Waals surface area contributed by atoms with Gasteiger partial charge in [0, 0.05) is 37.1 Å². The first-order valence-electron chi connectivity index (χ1n) is 8.55. The Labute approximate surface area is 161 Å². The van der Waals surface area contributed by atoms with Crippen LogP contribution in [0.15, 0.2) is 48.8 Å². The Kier molecular flexibility index (Phi) is 5.93. The van der Waals surface area contributed by atoms with Crippen molar-refractivity contribution in [3.63, 3.8) is 0 Å². The van der Waals surface area contributed by atoms with Gasteiger partial charge in [-0.05, 0) is 49.2 Å². The fraction of sp³-hybridized carbons (Fsp3) is 0.200. The van der Waals surface area contributed by atoms with Gasteiger partial charge >= 0.3 is 0 Å². The molecule has 2 aromatic heterocycles. The lowest BCUT2D eigenvalue weighted by Gasteiger charge is -2.07. The molecule has 0 unspecified atom stereocenters. The maximum absolute atomic E-state index is 12.6. The molecule has 0 saturated heterocycles. The molecule has 1 aromatic carbocycles. The molecule has 6 nitrogen and oxygen atoms in total. The summed E-state index contributed by atoms with van der Waals surface area (Å²) in [5.74, 6) is -0.351. The van der Waals surface area contributed by atoms with E-state index in [1.807, 2.05) is 19.1 Å². The summed E-state index contributed by atoms with van der Waals surface area (Å²) >= 11 is 1.41. The van der Waals surface area contributed by atoms with Crippen LogP contribution in [0.5, 0.6) is 0 Å². The molecule has 0 bridgehead atoms. The van der Waals surface area contributed by atoms with Crippen LogP contribution in [0, 0.1) is 6.92 Å². The lowest BCUT2D eigenvalue weighted by atomic mass is 10.1. The summed E-state index contributed by atoms with van der Waals surface area (Å²) in [5, 5.41) is 6.51. The molecule has 3 aromatic rings. The summed E-state index contributed by atoms with van der Waals surface area (Å²) < 4.78 is 0. The molecule has 0 aliphatic rings. The number of nitrogens with zero attached hydrogens (tertiary/aromatic N) is 2. The molecule has 0 saturated carbocycles. The molecule has 0 radical (unpaired) electrons. The molecular formula is C20H20N4O2S. The third kappa shape index (κ3) is 5.21. The molecule has 0 fully saturated rings. The number of aryl methyl sites for hydroxylation is 3. The minimum Gasteiger partial charge on any atom is -0.326 e. The average Bonchev–Trinajstić information content (AvgIpc) is 3.01. The topological polar surface area (TPSA) is 84.0 Å². The van der Waals surface area contributed by atoms with E-state index in [0.717, 1.165) is 23.5 Å². The van der Waals surface area contributed by atoms with Gasteiger partial charge in [0.15, 0.2) is 0 Å². The van der Waals surface area contributed by atoms with Crippen LogP contribution in [0.1, 0.15) is 32.9 Å². The summed E-state index contributed by atoms with van der Waals surface area (Å²) in [6.07, 6.45) is 5.18. The van der Waals surface area contributed by atoms with Crippen molar-refractivity contribution in [3.05, 3.63) is 69.9 Å². The van der Waals surface area contributed by atoms with Gasteiger partial charge in [-0.2, -0.15) is 0 Å². The van der Waals surface area contributed by atoms with E-state index in [2.05, 4.69) is 20.6 Å². The number of hydrogen-bond donors (Lipinski definition) is 2. The number of pyridine rings is 1. The summed E-state index contributed by atoms with van der Waals surface area (Å²) in [5.41, 5.74) is 3.18. The van der Waals surface area contributed by atoms with Crippen LogP contribution in [0.2, 0.25) is 0 Å². The normalized spacial score (nSPS) is 10.4. The number of thiazole rings is 1. The van der Waals surface area contributed by atoms with Crippen molar-refractivity contribution in [2.45, 2.75) is 26.7 Å². The molecule has 0 atom stereocenters. The molecule has 27 heavy (non-hydrogen) atoms. The standard InChI is InChI=1S/C20H20N4O2S/c1-13-19(27-18(22-13)7-6-15-8-10-21-11-9-15)20(26)24-17-5-3-4-16(12-17)23-14(2)25/h3-5,8-12H,6-7H2,1-2H3,(H,23,25)(H,24,26). The summed E-state index contributed by atoms with van der Waals surface area (Å²) in [7, 11) is 0. The summed E-state index contributed by atoms with van der Waals surface area (Å²) in [6.45, 7) is 3.29. The molecule has 2 N–H and O–H groups in total. The SMILES string of the molecule is CC(=O)Nc1cccc(NC(=O)c2sc(CCc3ccncc3)nc2C)c1. The zero-order valence-corrected chi connectivity index (χ0v) is 16.0. The molecular weight excluding hydrogens is 360 g/mol. The van der Waals surface area contributed by atoms with Crippen molar-refractivity contribution in [3.8, 4) is 0 Å². The molecule has 0 aliphatic heterocycles. The quantitative estimate of drug-likeness (QED) is 0.680. The summed E-state index contributed by atoms with van der Waals surface area (Å²) in [6, 6.07) is 11.0. The van der Waals surface area contributed by atoms with E-state index < -0.39 is 0 Å². The first-order chi connectivity index (χ1) is 13.0. The van der Waals surface area contributed by atoms with Crippen LogP contribution in [0.3, 0.4) is 0 Å². The van der Waals surface area contributed by atoms with E-state index in [-0.39, 0.29) is 11.8 Å². The van der Waals surface area contributed by atoms with Crippen molar-refractivity contribution in [1.82, 2.24) is 9.97 Å². The Morgan fingerprint density at radius 1 is 1.04 bits per heavy atom. The maximum atomic E-state index is 12.6. The highest BCUT2D eigenvalue weighted by Crippen LogP contribution is 2.22. The first kappa shape index (κ1) is 18.7. The van der Waals surface area contributed by atoms with Crippen molar-refractivity contribution in [1.29, 1.82) is 0 Å². The van der Waals surface area contributed by atoms with Gasteiger partial charge in [0.2, 0.25) is 5.91 Å². The largest absolute Gasteiger partial charge is 0.326 e. The van der Waals surface area contributed by atoms with Gasteiger partial charge < -0.3 is 10.6 Å². The molecule has 0 spiro atoms. The number of benzene rings is 1. The minimum absolute atomic E-state index is 0.157. The molecule has 7 heteroatoms. The minimum atomic E-state index is -0.194. The first-order valence-corrected chi connectivity index (χ1v) is 9.37. The highest BCUT2D eigenvalue weighted by atomic mass is 32.1. The number of rotatable bonds is 6. The van der Waals surface area contributed by atoms with Crippen LogP contribution in [-0.4, -0.2) is 21.8 Å². The number of anilines is 2. The monoisotopic (exact) mass is 380 g/mol. The fourth-order valence-electron chi connectivity index (χ4n) is 2.64. The number of carbonyl (C=O) groups excluding carboxylic acids is 2. The van der Waals surface area contributed by atoms with Crippen LogP contribution in [-0.2, 0) is 17.6 Å². The Bertz CT molecular complexity index is 954. The molecule has 0 aliphatic carbocycles. The number of amides is 2. The van der Waals surface area contributed by atoms with Crippen LogP contribution in [0.25, 0.3) is 0 Å². The van der Waals surface area contributed by atoms with E-state index in [0.29, 0.717) is 16.3 Å². The van der Waals surface area contributed by atoms with Crippen molar-refractivity contribution in [2.24, 2.45) is 0 Å². The Morgan fingerprint density at radius 2 is 1.74 bits per heavy atom. The predicted octanol–water partition coefficient (Wildman–Crippen LogP) is 3.84. The van der Waals surface area contributed by atoms with E-state index in [9.17, 15) is 9.59 Å². The molecule has 2 amide bonds. The second-order valence-corrected chi connectivity index (χ2v) is 7.18. The molecule has 138 valence electrons. The van der Waals surface area contributed by atoms with Crippen molar-refractivity contribution < 1.29 is 9.59 Å². The van der Waals surface area contributed by atoms with E-state index >= 15 is 0 Å². The van der Waals surface area contributed by atoms with Gasteiger partial charge in [0.05, 0.1) is 10.7 Å². The number of carbonyl (C=O) groups is 2. The number of nitrogens with one attached hydrogen (secondary N) is 2. The van der Waals surface area contributed by atoms with Crippen LogP contribution >= 0.6 is 11.3 Å². The van der Waals surface area contributed by atoms with Crippen LogP contribution < -0.4 is 10.6 Å². The smallest absolute Gasteiger partial charge is 0.267 e. The number of aromatic nitrogens is 2. The third-order valence-electron chi connectivity index (χ3n) is 3.86. The van der Waals surface area contributed by atoms with Gasteiger partial charge in [0.25, 0.3) is 5.91 Å². The number of hydrogen-bond acceptors (Lipinski definition) is 5. The average molecular weight is 380 g/mol. The van der Waals surface area contributed by atoms with E-state index in [1.165, 1.54) is 23.8 Å². The highest BCUT2D eigenvalue weighted by molar-refractivity contribution is 7.13. The molecule has 2 heterocycles. The van der Waals surface area contributed by atoms with Gasteiger partial charge in [-0.3, -0.25) is 14.6 Å².